The van der Waals surface area contributed by atoms with Crippen molar-refractivity contribution in [2.45, 2.75) is 19.8 Å². The molecule has 1 aromatic rings. The summed E-state index contributed by atoms with van der Waals surface area (Å²) in [5, 5.41) is 8.50. The smallest absolute Gasteiger partial charge is 0.174 e. The van der Waals surface area contributed by atoms with Crippen molar-refractivity contribution in [2.24, 2.45) is 7.05 Å². The van der Waals surface area contributed by atoms with Crippen LogP contribution in [0.2, 0.25) is 5.15 Å². The van der Waals surface area contributed by atoms with Gasteiger partial charge in [-0.3, -0.25) is 0 Å². The van der Waals surface area contributed by atoms with Crippen LogP contribution in [-0.2, 0) is 7.05 Å². The zero-order valence-corrected chi connectivity index (χ0v) is 7.05. The van der Waals surface area contributed by atoms with Gasteiger partial charge in [-0.2, -0.15) is 9.90 Å². The van der Waals surface area contributed by atoms with Gasteiger partial charge in [0.2, 0.25) is 0 Å². The fourth-order valence-corrected chi connectivity index (χ4v) is 1.12. The van der Waals surface area contributed by atoms with Gasteiger partial charge in [0.25, 0.3) is 0 Å². The predicted molar refractivity (Wildman–Crippen MR) is 40.1 cm³/mol. The summed E-state index contributed by atoms with van der Waals surface area (Å²) >= 11 is 5.75. The lowest BCUT2D eigenvalue weighted by atomic mass is 10.2. The van der Waals surface area contributed by atoms with Crippen LogP contribution >= 0.6 is 11.6 Å². The number of hydrogen-bond acceptors (Lipinski definition) is 2. The van der Waals surface area contributed by atoms with Crippen LogP contribution in [0.5, 0.6) is 0 Å². The molecule has 0 atom stereocenters. The van der Waals surface area contributed by atoms with Crippen molar-refractivity contribution in [3.63, 3.8) is 0 Å². The lowest BCUT2D eigenvalue weighted by molar-refractivity contribution is 0.636. The fraction of sp³-hybridized carbons (Fsp3) is 0.667. The summed E-state index contributed by atoms with van der Waals surface area (Å²) in [7, 11) is 1.76. The Morgan fingerprint density at radius 2 is 2.00 bits per heavy atom. The topological polar surface area (TPSA) is 30.7 Å². The second-order valence-electron chi connectivity index (χ2n) is 2.52. The van der Waals surface area contributed by atoms with Gasteiger partial charge in [0.15, 0.2) is 5.15 Å². The van der Waals surface area contributed by atoms with Crippen molar-refractivity contribution in [3.05, 3.63) is 10.8 Å². The Morgan fingerprint density at radius 3 is 2.20 bits per heavy atom. The largest absolute Gasteiger partial charge is 0.186 e. The Balaban J connectivity index is 3.03. The number of nitrogens with zero attached hydrogens (tertiary/aromatic N) is 3. The number of aromatic nitrogens is 3. The molecule has 0 amide bonds. The second-order valence-corrected chi connectivity index (χ2v) is 2.88. The molecule has 1 heterocycles. The molecular formula is C6H10ClN3. The maximum absolute atomic E-state index is 5.75. The molecule has 0 spiro atoms. The standard InChI is InChI=1S/C6H10ClN3/c1-4(2)5-6(7)9-10(3)8-5/h4H,1-3H3. The lowest BCUT2D eigenvalue weighted by Gasteiger charge is -1.95. The molecule has 0 radical (unpaired) electrons. The Bertz CT molecular complexity index is 229. The Morgan fingerprint density at radius 1 is 1.40 bits per heavy atom. The van der Waals surface area contributed by atoms with Gasteiger partial charge in [0, 0.05) is 13.0 Å². The van der Waals surface area contributed by atoms with Gasteiger partial charge in [-0.1, -0.05) is 25.4 Å². The van der Waals surface area contributed by atoms with Gasteiger partial charge >= 0.3 is 0 Å². The first-order valence-corrected chi connectivity index (χ1v) is 3.55. The van der Waals surface area contributed by atoms with Crippen LogP contribution < -0.4 is 0 Å². The van der Waals surface area contributed by atoms with Gasteiger partial charge in [0.05, 0.1) is 0 Å². The highest BCUT2D eigenvalue weighted by Crippen LogP contribution is 2.18. The highest BCUT2D eigenvalue weighted by atomic mass is 35.5. The number of rotatable bonds is 1. The van der Waals surface area contributed by atoms with Gasteiger partial charge < -0.3 is 0 Å². The third-order valence-corrected chi connectivity index (χ3v) is 1.51. The summed E-state index contributed by atoms with van der Waals surface area (Å²) < 4.78 is 0. The molecule has 0 fully saturated rings. The normalized spacial score (nSPS) is 10.9. The number of halogens is 1. The molecule has 0 aliphatic carbocycles. The van der Waals surface area contributed by atoms with Crippen LogP contribution in [0.1, 0.15) is 25.5 Å². The van der Waals surface area contributed by atoms with E-state index in [-0.39, 0.29) is 0 Å². The average molecular weight is 160 g/mol. The summed E-state index contributed by atoms with van der Waals surface area (Å²) in [6, 6.07) is 0. The summed E-state index contributed by atoms with van der Waals surface area (Å²) in [6.45, 7) is 4.08. The van der Waals surface area contributed by atoms with E-state index in [0.717, 1.165) is 5.69 Å². The van der Waals surface area contributed by atoms with E-state index in [0.29, 0.717) is 11.1 Å². The van der Waals surface area contributed by atoms with Crippen molar-refractivity contribution >= 4 is 11.6 Å². The Labute approximate surface area is 65.0 Å². The number of hydrogen-bond donors (Lipinski definition) is 0. The van der Waals surface area contributed by atoms with Crippen LogP contribution in [0, 0.1) is 0 Å². The lowest BCUT2D eigenvalue weighted by Crippen LogP contribution is -1.94. The summed E-state index contributed by atoms with van der Waals surface area (Å²) in [5.41, 5.74) is 0.865. The van der Waals surface area contributed by atoms with Crippen LogP contribution in [0.15, 0.2) is 0 Å². The second kappa shape index (κ2) is 2.58. The van der Waals surface area contributed by atoms with Crippen molar-refractivity contribution in [1.82, 2.24) is 15.0 Å². The zero-order chi connectivity index (χ0) is 7.72. The maximum Gasteiger partial charge on any atom is 0.174 e. The van der Waals surface area contributed by atoms with Crippen LogP contribution in [0.4, 0.5) is 0 Å². The molecule has 0 bridgehead atoms. The molecule has 0 N–H and O–H groups in total. The molecule has 0 aliphatic heterocycles. The van der Waals surface area contributed by atoms with E-state index < -0.39 is 0 Å². The van der Waals surface area contributed by atoms with Crippen LogP contribution in [-0.4, -0.2) is 15.0 Å². The first-order valence-electron chi connectivity index (χ1n) is 3.18. The molecular weight excluding hydrogens is 150 g/mol. The monoisotopic (exact) mass is 159 g/mol. The Kier molecular flexibility index (Phi) is 1.94. The molecule has 56 valence electrons. The van der Waals surface area contributed by atoms with Gasteiger partial charge in [0.1, 0.15) is 5.69 Å². The fourth-order valence-electron chi connectivity index (χ4n) is 0.752. The molecule has 3 nitrogen and oxygen atoms in total. The minimum atomic E-state index is 0.348. The van der Waals surface area contributed by atoms with Gasteiger partial charge in [-0.25, -0.2) is 0 Å². The highest BCUT2D eigenvalue weighted by Gasteiger charge is 2.09. The Hall–Kier alpha value is -0.570. The van der Waals surface area contributed by atoms with Crippen LogP contribution in [0.3, 0.4) is 0 Å². The van der Waals surface area contributed by atoms with E-state index in [2.05, 4.69) is 10.2 Å². The van der Waals surface area contributed by atoms with E-state index in [1.165, 1.54) is 4.80 Å². The molecule has 0 saturated carbocycles. The SMILES string of the molecule is CC(C)c1nn(C)nc1Cl. The average Bonchev–Trinajstić information content (AvgIpc) is 2.10. The number of aryl methyl sites for hydroxylation is 1. The molecule has 10 heavy (non-hydrogen) atoms. The summed E-state index contributed by atoms with van der Waals surface area (Å²) in [5.74, 6) is 0.348. The predicted octanol–water partition coefficient (Wildman–Crippen LogP) is 1.59. The quantitative estimate of drug-likeness (QED) is 0.623. The molecule has 0 unspecified atom stereocenters. The van der Waals surface area contributed by atoms with Crippen molar-refractivity contribution in [3.8, 4) is 0 Å². The third kappa shape index (κ3) is 1.29. The van der Waals surface area contributed by atoms with Gasteiger partial charge in [-0.15, -0.1) is 5.10 Å². The minimum absolute atomic E-state index is 0.348. The first kappa shape index (κ1) is 7.54. The minimum Gasteiger partial charge on any atom is -0.186 e. The zero-order valence-electron chi connectivity index (χ0n) is 6.30. The van der Waals surface area contributed by atoms with E-state index in [9.17, 15) is 0 Å². The van der Waals surface area contributed by atoms with E-state index >= 15 is 0 Å². The van der Waals surface area contributed by atoms with Gasteiger partial charge in [-0.05, 0) is 0 Å². The van der Waals surface area contributed by atoms with Crippen molar-refractivity contribution < 1.29 is 0 Å². The van der Waals surface area contributed by atoms with Crippen molar-refractivity contribution in [1.29, 1.82) is 0 Å². The van der Waals surface area contributed by atoms with E-state index in [1.54, 1.807) is 7.05 Å². The molecule has 0 saturated heterocycles. The molecule has 1 rings (SSSR count). The molecule has 0 aromatic carbocycles. The van der Waals surface area contributed by atoms with Crippen molar-refractivity contribution in [2.75, 3.05) is 0 Å². The highest BCUT2D eigenvalue weighted by molar-refractivity contribution is 6.30. The summed E-state index contributed by atoms with van der Waals surface area (Å²) in [6.07, 6.45) is 0. The van der Waals surface area contributed by atoms with Crippen LogP contribution in [0.25, 0.3) is 0 Å². The maximum atomic E-state index is 5.75. The molecule has 0 aliphatic rings. The van der Waals surface area contributed by atoms with E-state index in [4.69, 9.17) is 11.6 Å². The van der Waals surface area contributed by atoms with E-state index in [1.807, 2.05) is 13.8 Å². The third-order valence-electron chi connectivity index (χ3n) is 1.24. The summed E-state index contributed by atoms with van der Waals surface area (Å²) in [4.78, 5) is 1.48. The first-order chi connectivity index (χ1) is 4.61. The molecule has 1 aromatic heterocycles. The molecule has 4 heteroatoms.